The van der Waals surface area contributed by atoms with Crippen molar-refractivity contribution in [2.45, 2.75) is 13.5 Å². The summed E-state index contributed by atoms with van der Waals surface area (Å²) < 4.78 is 0. The monoisotopic (exact) mass is 253 g/mol. The van der Waals surface area contributed by atoms with Gasteiger partial charge in [-0.05, 0) is 48.9 Å². The summed E-state index contributed by atoms with van der Waals surface area (Å²) in [6.07, 6.45) is 0. The highest BCUT2D eigenvalue weighted by Gasteiger charge is 2.03. The first kappa shape index (κ1) is 12.8. The molecular weight excluding hydrogens is 238 g/mol. The van der Waals surface area contributed by atoms with E-state index in [0.29, 0.717) is 17.8 Å². The number of anilines is 2. The molecule has 4 N–H and O–H groups in total. The molecule has 0 saturated heterocycles. The SMILES string of the molecule is Cc1cc(NCc2cc(N)ccc2O)ccc1C#N. The van der Waals surface area contributed by atoms with Crippen LogP contribution in [0, 0.1) is 18.3 Å². The van der Waals surface area contributed by atoms with E-state index in [1.807, 2.05) is 19.1 Å². The van der Waals surface area contributed by atoms with E-state index in [9.17, 15) is 5.11 Å². The van der Waals surface area contributed by atoms with Crippen LogP contribution in [-0.2, 0) is 6.54 Å². The molecule has 0 radical (unpaired) electrons. The number of phenolic OH excluding ortho intramolecular Hbond substituents is 1. The molecule has 0 atom stereocenters. The number of nitrogen functional groups attached to an aromatic ring is 1. The third kappa shape index (κ3) is 2.96. The summed E-state index contributed by atoms with van der Waals surface area (Å²) in [5.41, 5.74) is 9.52. The minimum absolute atomic E-state index is 0.215. The Kier molecular flexibility index (Phi) is 3.58. The lowest BCUT2D eigenvalue weighted by Gasteiger charge is -2.10. The van der Waals surface area contributed by atoms with Gasteiger partial charge in [0.2, 0.25) is 0 Å². The Balaban J connectivity index is 2.13. The maximum atomic E-state index is 9.71. The van der Waals surface area contributed by atoms with Crippen molar-refractivity contribution in [3.05, 3.63) is 53.1 Å². The first-order valence-electron chi connectivity index (χ1n) is 5.92. The number of phenols is 1. The van der Waals surface area contributed by atoms with E-state index < -0.39 is 0 Å². The predicted molar refractivity (Wildman–Crippen MR) is 75.7 cm³/mol. The standard InChI is InChI=1S/C15H15N3O/c1-10-6-14(4-2-11(10)8-16)18-9-12-7-13(17)3-5-15(12)19/h2-7,18-19H,9,17H2,1H3. The Bertz CT molecular complexity index is 644. The lowest BCUT2D eigenvalue weighted by atomic mass is 10.1. The van der Waals surface area contributed by atoms with Crippen LogP contribution < -0.4 is 11.1 Å². The molecule has 0 aliphatic rings. The Morgan fingerprint density at radius 3 is 2.74 bits per heavy atom. The van der Waals surface area contributed by atoms with Crippen molar-refractivity contribution >= 4 is 11.4 Å². The van der Waals surface area contributed by atoms with Gasteiger partial charge in [-0.25, -0.2) is 0 Å². The minimum atomic E-state index is 0.215. The van der Waals surface area contributed by atoms with Crippen molar-refractivity contribution in [3.63, 3.8) is 0 Å². The van der Waals surface area contributed by atoms with E-state index in [2.05, 4.69) is 11.4 Å². The second-order valence-corrected chi connectivity index (χ2v) is 4.38. The van der Waals surface area contributed by atoms with E-state index in [1.165, 1.54) is 0 Å². The summed E-state index contributed by atoms with van der Waals surface area (Å²) >= 11 is 0. The molecule has 19 heavy (non-hydrogen) atoms. The van der Waals surface area contributed by atoms with E-state index in [1.54, 1.807) is 24.3 Å². The molecule has 2 aromatic rings. The molecule has 0 bridgehead atoms. The van der Waals surface area contributed by atoms with Crippen molar-refractivity contribution in [2.75, 3.05) is 11.1 Å². The van der Waals surface area contributed by atoms with Crippen molar-refractivity contribution in [1.82, 2.24) is 0 Å². The van der Waals surface area contributed by atoms with Crippen LogP contribution in [0.15, 0.2) is 36.4 Å². The van der Waals surface area contributed by atoms with E-state index in [0.717, 1.165) is 16.8 Å². The molecule has 0 spiro atoms. The molecule has 2 rings (SSSR count). The number of hydrogen-bond donors (Lipinski definition) is 3. The first-order valence-corrected chi connectivity index (χ1v) is 5.92. The third-order valence-electron chi connectivity index (χ3n) is 2.93. The topological polar surface area (TPSA) is 82.1 Å². The quantitative estimate of drug-likeness (QED) is 0.580. The molecule has 0 saturated carbocycles. The average molecular weight is 253 g/mol. The predicted octanol–water partition coefficient (Wildman–Crippen LogP) is 2.77. The van der Waals surface area contributed by atoms with Crippen LogP contribution in [0.5, 0.6) is 5.75 Å². The molecule has 96 valence electrons. The molecular formula is C15H15N3O. The van der Waals surface area contributed by atoms with Crippen molar-refractivity contribution in [3.8, 4) is 11.8 Å². The number of aromatic hydroxyl groups is 1. The highest BCUT2D eigenvalue weighted by molar-refractivity contribution is 5.53. The fraction of sp³-hybridized carbons (Fsp3) is 0.133. The molecule has 4 nitrogen and oxygen atoms in total. The smallest absolute Gasteiger partial charge is 0.120 e. The summed E-state index contributed by atoms with van der Waals surface area (Å²) in [6, 6.07) is 12.6. The Hall–Kier alpha value is -2.67. The maximum Gasteiger partial charge on any atom is 0.120 e. The zero-order valence-corrected chi connectivity index (χ0v) is 10.6. The normalized spacial score (nSPS) is 9.89. The zero-order valence-electron chi connectivity index (χ0n) is 10.6. The zero-order chi connectivity index (χ0) is 13.8. The fourth-order valence-corrected chi connectivity index (χ4v) is 1.84. The molecule has 2 aromatic carbocycles. The molecule has 0 aromatic heterocycles. The van der Waals surface area contributed by atoms with E-state index in [-0.39, 0.29) is 5.75 Å². The lowest BCUT2D eigenvalue weighted by Crippen LogP contribution is -2.01. The van der Waals surface area contributed by atoms with Crippen molar-refractivity contribution < 1.29 is 5.11 Å². The van der Waals surface area contributed by atoms with Gasteiger partial charge in [0.05, 0.1) is 11.6 Å². The average Bonchev–Trinajstić information content (AvgIpc) is 2.40. The molecule has 0 heterocycles. The van der Waals surface area contributed by atoms with Crippen LogP contribution in [0.2, 0.25) is 0 Å². The number of nitriles is 1. The maximum absolute atomic E-state index is 9.71. The van der Waals surface area contributed by atoms with Crippen LogP contribution in [0.4, 0.5) is 11.4 Å². The van der Waals surface area contributed by atoms with Crippen molar-refractivity contribution in [2.24, 2.45) is 0 Å². The summed E-state index contributed by atoms with van der Waals surface area (Å²) in [6.45, 7) is 2.37. The second kappa shape index (κ2) is 5.32. The molecule has 0 aliphatic heterocycles. The van der Waals surface area contributed by atoms with Gasteiger partial charge in [-0.1, -0.05) is 0 Å². The number of aryl methyl sites for hydroxylation is 1. The van der Waals surface area contributed by atoms with Crippen molar-refractivity contribution in [1.29, 1.82) is 5.26 Å². The molecule has 0 aliphatic carbocycles. The molecule has 0 fully saturated rings. The van der Waals surface area contributed by atoms with Gasteiger partial charge in [-0.2, -0.15) is 5.26 Å². The van der Waals surface area contributed by atoms with E-state index >= 15 is 0 Å². The summed E-state index contributed by atoms with van der Waals surface area (Å²) in [7, 11) is 0. The lowest BCUT2D eigenvalue weighted by molar-refractivity contribution is 0.469. The first-order chi connectivity index (χ1) is 9.10. The van der Waals surface area contributed by atoms with Crippen LogP contribution in [0.1, 0.15) is 16.7 Å². The highest BCUT2D eigenvalue weighted by atomic mass is 16.3. The number of nitrogens with zero attached hydrogens (tertiary/aromatic N) is 1. The van der Waals surface area contributed by atoms with E-state index in [4.69, 9.17) is 11.0 Å². The van der Waals surface area contributed by atoms with Gasteiger partial charge in [0.1, 0.15) is 5.75 Å². The number of hydrogen-bond acceptors (Lipinski definition) is 4. The molecule has 0 amide bonds. The summed E-state index contributed by atoms with van der Waals surface area (Å²) in [5, 5.41) is 21.8. The van der Waals surface area contributed by atoms with Gasteiger partial charge >= 0.3 is 0 Å². The van der Waals surface area contributed by atoms with Gasteiger partial charge in [0.25, 0.3) is 0 Å². The van der Waals surface area contributed by atoms with Gasteiger partial charge in [-0.15, -0.1) is 0 Å². The second-order valence-electron chi connectivity index (χ2n) is 4.38. The van der Waals surface area contributed by atoms with Crippen LogP contribution in [-0.4, -0.2) is 5.11 Å². The largest absolute Gasteiger partial charge is 0.508 e. The molecule has 4 heteroatoms. The van der Waals surface area contributed by atoms with Gasteiger partial charge in [0, 0.05) is 23.5 Å². The number of nitrogens with two attached hydrogens (primary N) is 1. The summed E-state index contributed by atoms with van der Waals surface area (Å²) in [5.74, 6) is 0.215. The highest BCUT2D eigenvalue weighted by Crippen LogP contribution is 2.21. The van der Waals surface area contributed by atoms with Crippen LogP contribution in [0.25, 0.3) is 0 Å². The fourth-order valence-electron chi connectivity index (χ4n) is 1.84. The molecule has 0 unspecified atom stereocenters. The Morgan fingerprint density at radius 2 is 2.05 bits per heavy atom. The summed E-state index contributed by atoms with van der Waals surface area (Å²) in [4.78, 5) is 0. The van der Waals surface area contributed by atoms with Crippen LogP contribution >= 0.6 is 0 Å². The number of benzene rings is 2. The van der Waals surface area contributed by atoms with Gasteiger partial charge in [-0.3, -0.25) is 0 Å². The van der Waals surface area contributed by atoms with Gasteiger partial charge < -0.3 is 16.2 Å². The minimum Gasteiger partial charge on any atom is -0.508 e. The van der Waals surface area contributed by atoms with Gasteiger partial charge in [0.15, 0.2) is 0 Å². The van der Waals surface area contributed by atoms with Crippen LogP contribution in [0.3, 0.4) is 0 Å². The number of rotatable bonds is 3. The Labute approximate surface area is 112 Å². The number of nitrogens with one attached hydrogen (secondary N) is 1. The third-order valence-corrected chi connectivity index (χ3v) is 2.93. The Morgan fingerprint density at radius 1 is 1.26 bits per heavy atom.